The van der Waals surface area contributed by atoms with Crippen LogP contribution in [0.4, 0.5) is 0 Å². The molecule has 0 saturated carbocycles. The summed E-state index contributed by atoms with van der Waals surface area (Å²) in [5.41, 5.74) is 0. The SMILES string of the molecule is O.O.O.O=S(=O)(O)O.[MgH2]. The molecule has 0 heterocycles. The normalized spacial score (nSPS) is 6.44. The van der Waals surface area contributed by atoms with Gasteiger partial charge < -0.3 is 16.4 Å². The van der Waals surface area contributed by atoms with E-state index in [0.717, 1.165) is 0 Å². The van der Waals surface area contributed by atoms with Gasteiger partial charge in [-0.2, -0.15) is 8.42 Å². The van der Waals surface area contributed by atoms with Crippen LogP contribution >= 0.6 is 0 Å². The fourth-order valence-corrected chi connectivity index (χ4v) is 0. The highest BCUT2D eigenvalue weighted by Gasteiger charge is 1.84. The molecule has 0 fully saturated rings. The Morgan fingerprint density at radius 2 is 0.889 bits per heavy atom. The first kappa shape index (κ1) is 33.8. The van der Waals surface area contributed by atoms with Gasteiger partial charge in [0.05, 0.1) is 0 Å². The maximum atomic E-state index is 8.74. The van der Waals surface area contributed by atoms with Gasteiger partial charge in [0, 0.05) is 0 Å². The molecule has 0 rings (SSSR count). The Balaban J connectivity index is -0.0000000133. The Hall–Kier alpha value is 0.516. The highest BCUT2D eigenvalue weighted by Crippen LogP contribution is 1.59. The topological polar surface area (TPSA) is 169 Å². The summed E-state index contributed by atoms with van der Waals surface area (Å²) in [7, 11) is -4.67. The van der Waals surface area contributed by atoms with Gasteiger partial charge in [0.25, 0.3) is 0 Å². The molecule has 7 nitrogen and oxygen atoms in total. The van der Waals surface area contributed by atoms with Crippen LogP contribution in [0.1, 0.15) is 0 Å². The van der Waals surface area contributed by atoms with Crippen molar-refractivity contribution in [1.29, 1.82) is 0 Å². The van der Waals surface area contributed by atoms with E-state index in [1.165, 1.54) is 0 Å². The van der Waals surface area contributed by atoms with Gasteiger partial charge >= 0.3 is 33.5 Å². The second kappa shape index (κ2) is 11.3. The van der Waals surface area contributed by atoms with Crippen molar-refractivity contribution >= 4 is 33.5 Å². The maximum Gasteiger partial charge on any atom is 0.394 e. The quantitative estimate of drug-likeness (QED) is 0.284. The van der Waals surface area contributed by atoms with Crippen LogP contribution in [-0.4, -0.2) is 57.0 Å². The van der Waals surface area contributed by atoms with E-state index in [9.17, 15) is 0 Å². The first-order valence-electron chi connectivity index (χ1n) is 0.698. The molecule has 0 atom stereocenters. The first-order valence-corrected chi connectivity index (χ1v) is 2.10. The van der Waals surface area contributed by atoms with Gasteiger partial charge in [-0.1, -0.05) is 0 Å². The summed E-state index contributed by atoms with van der Waals surface area (Å²) < 4.78 is 31.6. The van der Waals surface area contributed by atoms with Gasteiger partial charge in [-0.15, -0.1) is 0 Å². The average molecular weight is 178 g/mol. The van der Waals surface area contributed by atoms with E-state index in [0.29, 0.717) is 0 Å². The summed E-state index contributed by atoms with van der Waals surface area (Å²) in [6.07, 6.45) is 0. The van der Waals surface area contributed by atoms with Gasteiger partial charge in [0.1, 0.15) is 0 Å². The fraction of sp³-hybridized carbons (Fsp3) is 0. The van der Waals surface area contributed by atoms with Crippen molar-refractivity contribution in [3.63, 3.8) is 0 Å². The summed E-state index contributed by atoms with van der Waals surface area (Å²) in [5.74, 6) is 0. The lowest BCUT2D eigenvalue weighted by Gasteiger charge is -1.68. The molecule has 0 saturated heterocycles. The molecule has 0 aromatic carbocycles. The van der Waals surface area contributed by atoms with E-state index in [-0.39, 0.29) is 39.5 Å². The molecule has 0 aromatic rings. The Morgan fingerprint density at radius 3 is 0.889 bits per heavy atom. The van der Waals surface area contributed by atoms with Gasteiger partial charge in [-0.05, 0) is 0 Å². The van der Waals surface area contributed by atoms with Crippen LogP contribution < -0.4 is 0 Å². The van der Waals surface area contributed by atoms with E-state index < -0.39 is 10.4 Å². The molecule has 9 heteroatoms. The monoisotopic (exact) mass is 178 g/mol. The molecule has 0 bridgehead atoms. The van der Waals surface area contributed by atoms with Gasteiger partial charge in [-0.25, -0.2) is 0 Å². The Labute approximate surface area is 67.7 Å². The third kappa shape index (κ3) is 1360. The molecule has 0 aliphatic carbocycles. The van der Waals surface area contributed by atoms with Crippen molar-refractivity contribution in [3.8, 4) is 0 Å². The summed E-state index contributed by atoms with van der Waals surface area (Å²) in [4.78, 5) is 0. The van der Waals surface area contributed by atoms with E-state index in [2.05, 4.69) is 0 Å². The average Bonchev–Trinajstić information content (AvgIpc) is 0.722. The zero-order valence-corrected chi connectivity index (χ0v) is 4.44. The zero-order valence-electron chi connectivity index (χ0n) is 3.62. The van der Waals surface area contributed by atoms with Crippen LogP contribution in [0.2, 0.25) is 0 Å². The van der Waals surface area contributed by atoms with Gasteiger partial charge in [-0.3, -0.25) is 9.11 Å². The number of rotatable bonds is 0. The van der Waals surface area contributed by atoms with Crippen LogP contribution in [0, 0.1) is 0 Å². The lowest BCUT2D eigenvalue weighted by Crippen LogP contribution is -1.89. The summed E-state index contributed by atoms with van der Waals surface area (Å²) in [6, 6.07) is 0. The molecule has 0 radical (unpaired) electrons. The van der Waals surface area contributed by atoms with Crippen LogP contribution in [0.15, 0.2) is 0 Å². The smallest absolute Gasteiger partial charge is 0.394 e. The minimum absolute atomic E-state index is 0. The summed E-state index contributed by atoms with van der Waals surface area (Å²) in [5, 5.41) is 0. The lowest BCUT2D eigenvalue weighted by molar-refractivity contribution is 0.381. The van der Waals surface area contributed by atoms with Crippen molar-refractivity contribution in [1.82, 2.24) is 0 Å². The third-order valence-electron chi connectivity index (χ3n) is 0. The van der Waals surface area contributed by atoms with Crippen LogP contribution in [0.5, 0.6) is 0 Å². The Bertz CT molecular complexity index is 92.1. The highest BCUT2D eigenvalue weighted by molar-refractivity contribution is 7.79. The third-order valence-corrected chi connectivity index (χ3v) is 0. The zero-order chi connectivity index (χ0) is 4.50. The van der Waals surface area contributed by atoms with Crippen molar-refractivity contribution in [2.75, 3.05) is 0 Å². The number of hydrogen-bond acceptors (Lipinski definition) is 2. The second-order valence-corrected chi connectivity index (χ2v) is 1.34. The van der Waals surface area contributed by atoms with E-state index >= 15 is 0 Å². The van der Waals surface area contributed by atoms with Crippen molar-refractivity contribution < 1.29 is 34.0 Å². The van der Waals surface area contributed by atoms with Crippen LogP contribution in [0.3, 0.4) is 0 Å². The maximum absolute atomic E-state index is 8.74. The largest absolute Gasteiger partial charge is 0.412 e. The second-order valence-electron chi connectivity index (χ2n) is 0.448. The van der Waals surface area contributed by atoms with E-state index in [1.807, 2.05) is 0 Å². The fourth-order valence-electron chi connectivity index (χ4n) is 0. The number of hydrogen-bond donors (Lipinski definition) is 2. The van der Waals surface area contributed by atoms with Crippen molar-refractivity contribution in [2.24, 2.45) is 0 Å². The van der Waals surface area contributed by atoms with Gasteiger partial charge in [0.2, 0.25) is 0 Å². The molecular weight excluding hydrogens is 168 g/mol. The van der Waals surface area contributed by atoms with E-state index in [1.54, 1.807) is 0 Å². The molecule has 0 aliphatic heterocycles. The molecular formula is H10MgO7S. The summed E-state index contributed by atoms with van der Waals surface area (Å²) >= 11 is 0. The lowest BCUT2D eigenvalue weighted by atomic mass is 15.8. The standard InChI is InChI=1S/Mg.H2O4S.3H2O.2H/c;1-5(2,3)4;;;;;/h;(H2,1,2,3,4);3*1H2;;. The minimum atomic E-state index is -4.67. The Morgan fingerprint density at radius 1 is 0.889 bits per heavy atom. The summed E-state index contributed by atoms with van der Waals surface area (Å²) in [6.45, 7) is 0. The van der Waals surface area contributed by atoms with Crippen molar-refractivity contribution in [2.45, 2.75) is 0 Å². The Kier molecular flexibility index (Phi) is 42.6. The predicted octanol–water partition coefficient (Wildman–Crippen LogP) is -4.04. The molecule has 0 amide bonds. The van der Waals surface area contributed by atoms with Gasteiger partial charge in [0.15, 0.2) is 0 Å². The molecule has 9 heavy (non-hydrogen) atoms. The minimum Gasteiger partial charge on any atom is -0.412 e. The molecule has 8 N–H and O–H groups in total. The molecule has 60 valence electrons. The molecule has 0 unspecified atom stereocenters. The van der Waals surface area contributed by atoms with Crippen molar-refractivity contribution in [3.05, 3.63) is 0 Å². The molecule has 0 aliphatic rings. The van der Waals surface area contributed by atoms with E-state index in [4.69, 9.17) is 17.5 Å². The first-order chi connectivity index (χ1) is 2.00. The predicted molar refractivity (Wildman–Crippen MR) is 33.6 cm³/mol. The molecule has 0 spiro atoms. The van der Waals surface area contributed by atoms with Crippen LogP contribution in [0.25, 0.3) is 0 Å². The highest BCUT2D eigenvalue weighted by atomic mass is 32.3. The van der Waals surface area contributed by atoms with Crippen LogP contribution in [-0.2, 0) is 10.4 Å². The molecule has 0 aromatic heterocycles.